The highest BCUT2D eigenvalue weighted by molar-refractivity contribution is 7.99. The molecule has 3 rings (SSSR count). The summed E-state index contributed by atoms with van der Waals surface area (Å²) in [5.74, 6) is -0.115. The number of hydrogen-bond donors (Lipinski definition) is 2. The van der Waals surface area contributed by atoms with Crippen molar-refractivity contribution in [3.8, 4) is 0 Å². The maximum absolute atomic E-state index is 12.5. The minimum absolute atomic E-state index is 0.146. The average molecular weight is 549 g/mol. The molecular formula is C24H28Cl3NO5S. The number of ether oxygens (including phenoxy) is 3. The molecule has 0 radical (unpaired) electrons. The van der Waals surface area contributed by atoms with Gasteiger partial charge < -0.3 is 24.6 Å². The Morgan fingerprint density at radius 3 is 2.21 bits per heavy atom. The molecule has 0 unspecified atom stereocenters. The number of carbonyl (C=O) groups excluding carboxylic acids is 1. The van der Waals surface area contributed by atoms with E-state index in [2.05, 4.69) is 5.32 Å². The van der Waals surface area contributed by atoms with Crippen LogP contribution in [0.25, 0.3) is 0 Å². The number of carbonyl (C=O) groups is 1. The standard InChI is InChI=1S/C24H28Cl3NO5S/c1-2-34-22-19(28-23(30)24(25,26)27)21(32-14-17-11-7-4-8-12-17)20(29)18(33-22)15-31-13-16-9-5-3-6-10-16/h3-12,18-22,29H,2,13-15H2,1H3,(H,28,30)/t18-,19-,20-,21-,22+/m1/s1. The Morgan fingerprint density at radius 2 is 1.65 bits per heavy atom. The number of aliphatic hydroxyl groups excluding tert-OH is 1. The Morgan fingerprint density at radius 1 is 1.06 bits per heavy atom. The summed E-state index contributed by atoms with van der Waals surface area (Å²) in [4.78, 5) is 12.5. The zero-order valence-corrected chi connectivity index (χ0v) is 21.7. The van der Waals surface area contributed by atoms with Crippen molar-refractivity contribution in [1.29, 1.82) is 0 Å². The molecule has 1 heterocycles. The van der Waals surface area contributed by atoms with Gasteiger partial charge in [-0.3, -0.25) is 4.79 Å². The van der Waals surface area contributed by atoms with Gasteiger partial charge in [0.05, 0.1) is 25.9 Å². The lowest BCUT2D eigenvalue weighted by Gasteiger charge is -2.45. The monoisotopic (exact) mass is 547 g/mol. The number of aliphatic hydroxyl groups is 1. The zero-order valence-electron chi connectivity index (χ0n) is 18.6. The summed E-state index contributed by atoms with van der Waals surface area (Å²) < 4.78 is 16.0. The molecule has 2 aromatic rings. The number of alkyl halides is 3. The number of nitrogens with one attached hydrogen (secondary N) is 1. The van der Waals surface area contributed by atoms with E-state index >= 15 is 0 Å². The molecule has 10 heteroatoms. The van der Waals surface area contributed by atoms with E-state index in [1.165, 1.54) is 11.8 Å². The van der Waals surface area contributed by atoms with Crippen LogP contribution in [0.1, 0.15) is 18.1 Å². The highest BCUT2D eigenvalue weighted by Crippen LogP contribution is 2.33. The number of hydrogen-bond acceptors (Lipinski definition) is 6. The van der Waals surface area contributed by atoms with E-state index in [1.54, 1.807) is 0 Å². The van der Waals surface area contributed by atoms with E-state index in [0.717, 1.165) is 11.1 Å². The van der Waals surface area contributed by atoms with Gasteiger partial charge in [0, 0.05) is 0 Å². The molecule has 0 aromatic heterocycles. The van der Waals surface area contributed by atoms with E-state index in [9.17, 15) is 9.90 Å². The maximum Gasteiger partial charge on any atom is 0.272 e. The second-order valence-electron chi connectivity index (χ2n) is 7.75. The third-order valence-corrected chi connectivity index (χ3v) is 6.82. The molecule has 2 aromatic carbocycles. The number of rotatable bonds is 10. The van der Waals surface area contributed by atoms with Crippen LogP contribution in [0.5, 0.6) is 0 Å². The van der Waals surface area contributed by atoms with Gasteiger partial charge in [-0.2, -0.15) is 0 Å². The Balaban J connectivity index is 1.76. The van der Waals surface area contributed by atoms with E-state index in [4.69, 9.17) is 49.0 Å². The van der Waals surface area contributed by atoms with Gasteiger partial charge in [0.2, 0.25) is 0 Å². The van der Waals surface area contributed by atoms with Crippen molar-refractivity contribution >= 4 is 52.5 Å². The van der Waals surface area contributed by atoms with Crippen molar-refractivity contribution in [2.24, 2.45) is 0 Å². The fourth-order valence-corrected chi connectivity index (χ4v) is 4.72. The van der Waals surface area contributed by atoms with Crippen molar-refractivity contribution in [2.75, 3.05) is 12.4 Å². The van der Waals surface area contributed by atoms with Crippen molar-refractivity contribution in [3.63, 3.8) is 0 Å². The number of benzene rings is 2. The number of amides is 1. The van der Waals surface area contributed by atoms with Crippen molar-refractivity contribution in [1.82, 2.24) is 5.32 Å². The molecule has 1 saturated heterocycles. The molecule has 1 fully saturated rings. The molecule has 1 amide bonds. The van der Waals surface area contributed by atoms with Crippen LogP contribution in [0.2, 0.25) is 0 Å². The van der Waals surface area contributed by atoms with Gasteiger partial charge in [0.15, 0.2) is 0 Å². The Labute approximate surface area is 219 Å². The fourth-order valence-electron chi connectivity index (χ4n) is 3.58. The minimum atomic E-state index is -2.16. The lowest BCUT2D eigenvalue weighted by atomic mass is 9.97. The lowest BCUT2D eigenvalue weighted by Crippen LogP contribution is -2.65. The molecule has 1 aliphatic rings. The Hall–Kier alpha value is -1.03. The highest BCUT2D eigenvalue weighted by Gasteiger charge is 2.48. The number of halogens is 3. The molecule has 1 aliphatic heterocycles. The van der Waals surface area contributed by atoms with Gasteiger partial charge in [-0.25, -0.2) is 0 Å². The van der Waals surface area contributed by atoms with Crippen LogP contribution in [0.3, 0.4) is 0 Å². The Kier molecular flexibility index (Phi) is 10.8. The normalized spacial score (nSPS) is 25.1. The first-order valence-corrected chi connectivity index (χ1v) is 13.1. The van der Waals surface area contributed by atoms with Gasteiger partial charge in [-0.1, -0.05) is 102 Å². The van der Waals surface area contributed by atoms with Gasteiger partial charge in [-0.05, 0) is 16.9 Å². The summed E-state index contributed by atoms with van der Waals surface area (Å²) in [6.07, 6.45) is -2.58. The molecule has 0 aliphatic carbocycles. The second-order valence-corrected chi connectivity index (χ2v) is 11.4. The predicted molar refractivity (Wildman–Crippen MR) is 136 cm³/mol. The molecule has 0 saturated carbocycles. The van der Waals surface area contributed by atoms with E-state index < -0.39 is 39.5 Å². The van der Waals surface area contributed by atoms with Gasteiger partial charge >= 0.3 is 0 Å². The molecule has 5 atom stereocenters. The SMILES string of the molecule is CCS[C@@H]1O[C@H](COCc2ccccc2)[C@@H](O)[C@H](OCc2ccccc2)[C@H]1NC(=O)C(Cl)(Cl)Cl. The quantitative estimate of drug-likeness (QED) is 0.426. The van der Waals surface area contributed by atoms with Gasteiger partial charge in [0.25, 0.3) is 9.70 Å². The summed E-state index contributed by atoms with van der Waals surface area (Å²) in [5.41, 5.74) is 1.39. The van der Waals surface area contributed by atoms with Crippen molar-refractivity contribution < 1.29 is 24.1 Å². The Bertz CT molecular complexity index is 887. The first-order valence-electron chi connectivity index (χ1n) is 10.9. The van der Waals surface area contributed by atoms with E-state index in [0.29, 0.717) is 12.4 Å². The summed E-state index contributed by atoms with van der Waals surface area (Å²) in [7, 11) is 0. The summed E-state index contributed by atoms with van der Waals surface area (Å²) >= 11 is 18.8. The maximum atomic E-state index is 12.5. The first-order chi connectivity index (χ1) is 16.3. The summed E-state index contributed by atoms with van der Waals surface area (Å²) in [6.45, 7) is 2.71. The number of thioether (sulfide) groups is 1. The van der Waals surface area contributed by atoms with Crippen LogP contribution in [0.15, 0.2) is 60.7 Å². The molecular weight excluding hydrogens is 521 g/mol. The average Bonchev–Trinajstić information content (AvgIpc) is 2.82. The molecule has 0 bridgehead atoms. The second kappa shape index (κ2) is 13.3. The largest absolute Gasteiger partial charge is 0.388 e. The first kappa shape index (κ1) is 27.6. The van der Waals surface area contributed by atoms with Crippen LogP contribution in [-0.2, 0) is 32.2 Å². The molecule has 34 heavy (non-hydrogen) atoms. The fraction of sp³-hybridized carbons (Fsp3) is 0.458. The van der Waals surface area contributed by atoms with Crippen LogP contribution < -0.4 is 5.32 Å². The van der Waals surface area contributed by atoms with E-state index in [-0.39, 0.29) is 13.2 Å². The summed E-state index contributed by atoms with van der Waals surface area (Å²) in [6, 6.07) is 18.5. The van der Waals surface area contributed by atoms with Gasteiger partial charge in [0.1, 0.15) is 23.7 Å². The zero-order chi connectivity index (χ0) is 24.6. The molecule has 6 nitrogen and oxygen atoms in total. The van der Waals surface area contributed by atoms with Crippen LogP contribution in [0.4, 0.5) is 0 Å². The smallest absolute Gasteiger partial charge is 0.272 e. The predicted octanol–water partition coefficient (Wildman–Crippen LogP) is 4.48. The summed E-state index contributed by atoms with van der Waals surface area (Å²) in [5, 5.41) is 13.9. The molecule has 0 spiro atoms. The third kappa shape index (κ3) is 8.00. The van der Waals surface area contributed by atoms with Crippen LogP contribution in [0, 0.1) is 0 Å². The van der Waals surface area contributed by atoms with Crippen LogP contribution >= 0.6 is 46.6 Å². The molecule has 2 N–H and O–H groups in total. The molecule has 186 valence electrons. The van der Waals surface area contributed by atoms with E-state index in [1.807, 2.05) is 67.6 Å². The highest BCUT2D eigenvalue weighted by atomic mass is 35.6. The van der Waals surface area contributed by atoms with Crippen LogP contribution in [-0.4, -0.2) is 57.0 Å². The van der Waals surface area contributed by atoms with Gasteiger partial charge in [-0.15, -0.1) is 11.8 Å². The minimum Gasteiger partial charge on any atom is -0.388 e. The van der Waals surface area contributed by atoms with Crippen molar-refractivity contribution in [3.05, 3.63) is 71.8 Å². The van der Waals surface area contributed by atoms with Crippen molar-refractivity contribution in [2.45, 2.75) is 53.7 Å². The third-order valence-electron chi connectivity index (χ3n) is 5.24. The topological polar surface area (TPSA) is 77.0 Å². The lowest BCUT2D eigenvalue weighted by molar-refractivity contribution is -0.196.